The monoisotopic (exact) mass is 311 g/mol. The molecule has 0 spiro atoms. The van der Waals surface area contributed by atoms with Crippen molar-refractivity contribution >= 4 is 17.6 Å². The highest BCUT2D eigenvalue weighted by Gasteiger charge is 2.35. The highest BCUT2D eigenvalue weighted by Crippen LogP contribution is 2.28. The molecule has 2 aromatic carbocycles. The molecule has 0 bridgehead atoms. The van der Waals surface area contributed by atoms with Crippen molar-refractivity contribution in [1.29, 1.82) is 0 Å². The van der Waals surface area contributed by atoms with Crippen molar-refractivity contribution in [3.05, 3.63) is 54.6 Å². The van der Waals surface area contributed by atoms with E-state index in [1.54, 1.807) is 17.0 Å². The number of carbonyl (C=O) groups excluding carboxylic acids is 2. The van der Waals surface area contributed by atoms with Gasteiger partial charge >= 0.3 is 5.97 Å². The van der Waals surface area contributed by atoms with E-state index in [9.17, 15) is 9.59 Å². The Balaban J connectivity index is 1.70. The van der Waals surface area contributed by atoms with Gasteiger partial charge in [-0.25, -0.2) is 0 Å². The van der Waals surface area contributed by atoms with Crippen LogP contribution in [0.5, 0.6) is 11.5 Å². The van der Waals surface area contributed by atoms with Crippen LogP contribution in [-0.2, 0) is 14.3 Å². The minimum absolute atomic E-state index is 0.0721. The van der Waals surface area contributed by atoms with E-state index >= 15 is 0 Å². The molecule has 23 heavy (non-hydrogen) atoms. The first-order valence-corrected chi connectivity index (χ1v) is 7.38. The van der Waals surface area contributed by atoms with E-state index in [4.69, 9.17) is 9.47 Å². The summed E-state index contributed by atoms with van der Waals surface area (Å²) < 4.78 is 10.4. The van der Waals surface area contributed by atoms with Crippen LogP contribution in [0.25, 0.3) is 0 Å². The van der Waals surface area contributed by atoms with Crippen molar-refractivity contribution in [3.8, 4) is 11.5 Å². The molecule has 1 saturated heterocycles. The number of rotatable bonds is 4. The number of para-hydroxylation sites is 1. The zero-order chi connectivity index (χ0) is 16.2. The number of benzene rings is 2. The Hall–Kier alpha value is -2.82. The molecule has 0 aromatic heterocycles. The quantitative estimate of drug-likeness (QED) is 0.815. The Labute approximate surface area is 134 Å². The van der Waals surface area contributed by atoms with Gasteiger partial charge < -0.3 is 14.4 Å². The average Bonchev–Trinajstić information content (AvgIpc) is 2.98. The Morgan fingerprint density at radius 3 is 2.35 bits per heavy atom. The molecule has 3 rings (SSSR count). The maximum Gasteiger partial charge on any atom is 0.311 e. The Kier molecular flexibility index (Phi) is 4.28. The molecule has 118 valence electrons. The van der Waals surface area contributed by atoms with E-state index in [1.165, 1.54) is 7.11 Å². The smallest absolute Gasteiger partial charge is 0.311 e. The number of nitrogens with zero attached hydrogens (tertiary/aromatic N) is 1. The van der Waals surface area contributed by atoms with E-state index in [-0.39, 0.29) is 18.3 Å². The minimum atomic E-state index is -0.396. The van der Waals surface area contributed by atoms with Crippen LogP contribution in [0.2, 0.25) is 0 Å². The van der Waals surface area contributed by atoms with Gasteiger partial charge in [-0.15, -0.1) is 0 Å². The van der Waals surface area contributed by atoms with Crippen LogP contribution in [0.3, 0.4) is 0 Å². The topological polar surface area (TPSA) is 55.8 Å². The summed E-state index contributed by atoms with van der Waals surface area (Å²) in [5, 5.41) is 0. The normalized spacial score (nSPS) is 17.2. The Morgan fingerprint density at radius 1 is 1.04 bits per heavy atom. The van der Waals surface area contributed by atoms with Crippen molar-refractivity contribution in [3.63, 3.8) is 0 Å². The third-order valence-corrected chi connectivity index (χ3v) is 3.79. The Bertz CT molecular complexity index is 697. The van der Waals surface area contributed by atoms with Gasteiger partial charge in [-0.05, 0) is 36.4 Å². The fraction of sp³-hybridized carbons (Fsp3) is 0.222. The van der Waals surface area contributed by atoms with Crippen LogP contribution >= 0.6 is 0 Å². The molecule has 1 unspecified atom stereocenters. The SMILES string of the molecule is COC(=O)C1CC(=O)N(c2ccc(Oc3ccccc3)cc2)C1. The zero-order valence-corrected chi connectivity index (χ0v) is 12.8. The number of esters is 1. The minimum Gasteiger partial charge on any atom is -0.469 e. The first kappa shape index (κ1) is 15.1. The number of carbonyl (C=O) groups is 2. The van der Waals surface area contributed by atoms with E-state index in [0.29, 0.717) is 12.3 Å². The van der Waals surface area contributed by atoms with Crippen LogP contribution in [0.4, 0.5) is 5.69 Å². The van der Waals surface area contributed by atoms with Crippen molar-refractivity contribution in [2.45, 2.75) is 6.42 Å². The predicted octanol–water partition coefficient (Wildman–Crippen LogP) is 3.00. The largest absolute Gasteiger partial charge is 0.469 e. The summed E-state index contributed by atoms with van der Waals surface area (Å²) in [5.74, 6) is 0.633. The number of hydrogen-bond donors (Lipinski definition) is 0. The van der Waals surface area contributed by atoms with Crippen molar-refractivity contribution in [2.24, 2.45) is 5.92 Å². The lowest BCUT2D eigenvalue weighted by Gasteiger charge is -2.17. The predicted molar refractivity (Wildman–Crippen MR) is 85.4 cm³/mol. The van der Waals surface area contributed by atoms with Crippen LogP contribution in [-0.4, -0.2) is 25.5 Å². The first-order chi connectivity index (χ1) is 11.2. The fourth-order valence-electron chi connectivity index (χ4n) is 2.60. The van der Waals surface area contributed by atoms with Gasteiger partial charge in [-0.3, -0.25) is 9.59 Å². The third kappa shape index (κ3) is 3.34. The van der Waals surface area contributed by atoms with Crippen LogP contribution in [0.15, 0.2) is 54.6 Å². The van der Waals surface area contributed by atoms with Gasteiger partial charge in [-0.1, -0.05) is 18.2 Å². The second-order valence-corrected chi connectivity index (χ2v) is 5.34. The summed E-state index contributed by atoms with van der Waals surface area (Å²) in [4.78, 5) is 25.2. The van der Waals surface area contributed by atoms with Crippen LogP contribution < -0.4 is 9.64 Å². The van der Waals surface area contributed by atoms with Crippen LogP contribution in [0.1, 0.15) is 6.42 Å². The van der Waals surface area contributed by atoms with E-state index in [0.717, 1.165) is 11.4 Å². The lowest BCUT2D eigenvalue weighted by Crippen LogP contribution is -2.26. The molecular weight excluding hydrogens is 294 g/mol. The molecule has 1 heterocycles. The molecule has 1 aliphatic heterocycles. The molecule has 5 heteroatoms. The fourth-order valence-corrected chi connectivity index (χ4v) is 2.60. The molecule has 0 saturated carbocycles. The lowest BCUT2D eigenvalue weighted by molar-refractivity contribution is -0.145. The molecule has 1 atom stereocenters. The van der Waals surface area contributed by atoms with Crippen molar-refractivity contribution in [1.82, 2.24) is 0 Å². The highest BCUT2D eigenvalue weighted by atomic mass is 16.5. The van der Waals surface area contributed by atoms with Gasteiger partial charge in [-0.2, -0.15) is 0 Å². The maximum absolute atomic E-state index is 12.1. The van der Waals surface area contributed by atoms with Crippen molar-refractivity contribution in [2.75, 3.05) is 18.6 Å². The number of methoxy groups -OCH3 is 1. The molecule has 5 nitrogen and oxygen atoms in total. The number of amides is 1. The maximum atomic E-state index is 12.1. The summed E-state index contributed by atoms with van der Waals surface area (Å²) in [5.41, 5.74) is 0.752. The molecule has 2 aromatic rings. The molecule has 0 N–H and O–H groups in total. The van der Waals surface area contributed by atoms with E-state index in [1.807, 2.05) is 42.5 Å². The van der Waals surface area contributed by atoms with E-state index < -0.39 is 5.92 Å². The highest BCUT2D eigenvalue weighted by molar-refractivity contribution is 5.99. The molecule has 1 fully saturated rings. The van der Waals surface area contributed by atoms with Crippen molar-refractivity contribution < 1.29 is 19.1 Å². The first-order valence-electron chi connectivity index (χ1n) is 7.38. The number of ether oxygens (including phenoxy) is 2. The van der Waals surface area contributed by atoms with Gasteiger partial charge in [0.1, 0.15) is 11.5 Å². The van der Waals surface area contributed by atoms with Gasteiger partial charge in [0.25, 0.3) is 0 Å². The second-order valence-electron chi connectivity index (χ2n) is 5.34. The van der Waals surface area contributed by atoms with Gasteiger partial charge in [0.05, 0.1) is 13.0 Å². The molecule has 1 aliphatic rings. The van der Waals surface area contributed by atoms with Gasteiger partial charge in [0.15, 0.2) is 0 Å². The summed E-state index contributed by atoms with van der Waals surface area (Å²) in [7, 11) is 1.34. The Morgan fingerprint density at radius 2 is 1.70 bits per heavy atom. The molecule has 1 amide bonds. The summed E-state index contributed by atoms with van der Waals surface area (Å²) in [6.07, 6.45) is 0.189. The number of hydrogen-bond acceptors (Lipinski definition) is 4. The molecular formula is C18H17NO4. The average molecular weight is 311 g/mol. The molecule has 0 aliphatic carbocycles. The van der Waals surface area contributed by atoms with Gasteiger partial charge in [0.2, 0.25) is 5.91 Å². The standard InChI is InChI=1S/C18H17NO4/c1-22-18(21)13-11-17(20)19(12-13)14-7-9-16(10-8-14)23-15-5-3-2-4-6-15/h2-10,13H,11-12H2,1H3. The lowest BCUT2D eigenvalue weighted by atomic mass is 10.1. The second kappa shape index (κ2) is 6.52. The molecule has 0 radical (unpaired) electrons. The van der Waals surface area contributed by atoms with Gasteiger partial charge in [0, 0.05) is 18.7 Å². The summed E-state index contributed by atoms with van der Waals surface area (Å²) in [6.45, 7) is 0.352. The zero-order valence-electron chi connectivity index (χ0n) is 12.8. The van der Waals surface area contributed by atoms with Crippen LogP contribution in [0, 0.1) is 5.92 Å². The third-order valence-electron chi connectivity index (χ3n) is 3.79. The number of anilines is 1. The van der Waals surface area contributed by atoms with E-state index in [2.05, 4.69) is 0 Å². The summed E-state index contributed by atoms with van der Waals surface area (Å²) in [6, 6.07) is 16.7. The summed E-state index contributed by atoms with van der Waals surface area (Å²) >= 11 is 0.